The van der Waals surface area contributed by atoms with E-state index in [9.17, 15) is 4.79 Å². The predicted molar refractivity (Wildman–Crippen MR) is 97.1 cm³/mol. The van der Waals surface area contributed by atoms with E-state index in [0.29, 0.717) is 12.5 Å². The number of carbonyl (C=O) groups excluding carboxylic acids is 1. The van der Waals surface area contributed by atoms with Crippen molar-refractivity contribution in [2.75, 3.05) is 0 Å². The van der Waals surface area contributed by atoms with E-state index in [1.165, 1.54) is 32.1 Å². The molecule has 5 heteroatoms. The normalized spacial score (nSPS) is 16.3. The predicted octanol–water partition coefficient (Wildman–Crippen LogP) is 3.90. The molecule has 4 nitrogen and oxygen atoms in total. The van der Waals surface area contributed by atoms with Crippen LogP contribution < -0.4 is 5.32 Å². The number of amides is 1. The first kappa shape index (κ1) is 17.1. The van der Waals surface area contributed by atoms with E-state index >= 15 is 0 Å². The third-order valence-corrected chi connectivity index (χ3v) is 5.37. The summed E-state index contributed by atoms with van der Waals surface area (Å²) in [7, 11) is 0. The van der Waals surface area contributed by atoms with Crippen molar-refractivity contribution in [3.63, 3.8) is 0 Å². The number of hydrogen-bond acceptors (Lipinski definition) is 4. The van der Waals surface area contributed by atoms with E-state index in [1.54, 1.807) is 17.5 Å². The number of pyridine rings is 1. The summed E-state index contributed by atoms with van der Waals surface area (Å²) in [6.45, 7) is 0. The van der Waals surface area contributed by atoms with Crippen molar-refractivity contribution in [2.45, 2.75) is 63.8 Å². The standard InChI is InChI=1S/C19H25N3OS/c23-18(21-15-8-4-2-1-3-5-9-15)12-17-14-24-19(22-17)13-16-10-6-7-11-20-16/h6-7,10-11,14-15H,1-5,8-9,12-13H2,(H,21,23). The van der Waals surface area contributed by atoms with Gasteiger partial charge in [-0.3, -0.25) is 9.78 Å². The molecular formula is C19H25N3OS. The second-order valence-corrected chi connectivity index (χ2v) is 7.46. The van der Waals surface area contributed by atoms with Crippen molar-refractivity contribution < 1.29 is 4.79 Å². The highest BCUT2D eigenvalue weighted by molar-refractivity contribution is 7.09. The molecule has 1 aliphatic rings. The van der Waals surface area contributed by atoms with Crippen LogP contribution in [0.5, 0.6) is 0 Å². The Morgan fingerprint density at radius 1 is 1.12 bits per heavy atom. The molecule has 0 bridgehead atoms. The summed E-state index contributed by atoms with van der Waals surface area (Å²) in [5.41, 5.74) is 1.88. The van der Waals surface area contributed by atoms with Gasteiger partial charge in [0.15, 0.2) is 0 Å². The zero-order valence-electron chi connectivity index (χ0n) is 14.0. The Morgan fingerprint density at radius 3 is 2.67 bits per heavy atom. The van der Waals surface area contributed by atoms with E-state index in [-0.39, 0.29) is 5.91 Å². The van der Waals surface area contributed by atoms with Crippen LogP contribution in [0.3, 0.4) is 0 Å². The Balaban J connectivity index is 1.49. The number of rotatable bonds is 5. The highest BCUT2D eigenvalue weighted by Gasteiger charge is 2.15. The van der Waals surface area contributed by atoms with Crippen molar-refractivity contribution in [1.29, 1.82) is 0 Å². The summed E-state index contributed by atoms with van der Waals surface area (Å²) in [5.74, 6) is 0.107. The Labute approximate surface area is 147 Å². The van der Waals surface area contributed by atoms with Gasteiger partial charge in [0.05, 0.1) is 17.1 Å². The number of carbonyl (C=O) groups is 1. The van der Waals surface area contributed by atoms with E-state index in [4.69, 9.17) is 0 Å². The Kier molecular flexibility index (Phi) is 6.35. The van der Waals surface area contributed by atoms with Crippen LogP contribution in [0.1, 0.15) is 61.3 Å². The maximum absolute atomic E-state index is 12.3. The number of aromatic nitrogens is 2. The van der Waals surface area contributed by atoms with Crippen LogP contribution in [0.15, 0.2) is 29.8 Å². The molecule has 2 aromatic heterocycles. The first-order valence-corrected chi connectivity index (χ1v) is 9.80. The molecule has 0 atom stereocenters. The fourth-order valence-electron chi connectivity index (χ4n) is 3.21. The topological polar surface area (TPSA) is 54.9 Å². The number of thiazole rings is 1. The minimum atomic E-state index is 0.107. The van der Waals surface area contributed by atoms with E-state index in [1.807, 2.05) is 23.6 Å². The molecule has 128 valence electrons. The molecule has 24 heavy (non-hydrogen) atoms. The zero-order chi connectivity index (χ0) is 16.6. The Hall–Kier alpha value is -1.75. The van der Waals surface area contributed by atoms with Crippen molar-refractivity contribution in [3.05, 3.63) is 46.2 Å². The molecule has 1 fully saturated rings. The number of nitrogens with one attached hydrogen (secondary N) is 1. The van der Waals surface area contributed by atoms with Crippen molar-refractivity contribution in [2.24, 2.45) is 0 Å². The minimum absolute atomic E-state index is 0.107. The fraction of sp³-hybridized carbons (Fsp3) is 0.526. The van der Waals surface area contributed by atoms with Gasteiger partial charge in [-0.15, -0.1) is 11.3 Å². The van der Waals surface area contributed by atoms with Crippen LogP contribution in [0.4, 0.5) is 0 Å². The molecule has 1 N–H and O–H groups in total. The molecule has 0 unspecified atom stereocenters. The second-order valence-electron chi connectivity index (χ2n) is 6.52. The lowest BCUT2D eigenvalue weighted by Crippen LogP contribution is -2.36. The molecule has 1 amide bonds. The average Bonchev–Trinajstić information content (AvgIpc) is 2.98. The minimum Gasteiger partial charge on any atom is -0.353 e. The number of nitrogens with zero attached hydrogens (tertiary/aromatic N) is 2. The highest BCUT2D eigenvalue weighted by atomic mass is 32.1. The molecule has 0 aliphatic heterocycles. The summed E-state index contributed by atoms with van der Waals surface area (Å²) in [5, 5.41) is 6.22. The monoisotopic (exact) mass is 343 g/mol. The lowest BCUT2D eigenvalue weighted by Gasteiger charge is -2.20. The molecular weight excluding hydrogens is 318 g/mol. The molecule has 2 heterocycles. The first-order valence-electron chi connectivity index (χ1n) is 8.92. The summed E-state index contributed by atoms with van der Waals surface area (Å²) in [6.07, 6.45) is 11.6. The van der Waals surface area contributed by atoms with Gasteiger partial charge in [0.1, 0.15) is 0 Å². The van der Waals surface area contributed by atoms with Gasteiger partial charge in [0.2, 0.25) is 5.91 Å². The lowest BCUT2D eigenvalue weighted by atomic mass is 9.96. The van der Waals surface area contributed by atoms with Crippen LogP contribution >= 0.6 is 11.3 Å². The van der Waals surface area contributed by atoms with Crippen LogP contribution in [-0.4, -0.2) is 21.9 Å². The van der Waals surface area contributed by atoms with Crippen LogP contribution in [0.25, 0.3) is 0 Å². The van der Waals surface area contributed by atoms with Gasteiger partial charge in [-0.05, 0) is 25.0 Å². The van der Waals surface area contributed by atoms with Crippen LogP contribution in [0, 0.1) is 0 Å². The fourth-order valence-corrected chi connectivity index (χ4v) is 4.02. The quantitative estimate of drug-likeness (QED) is 0.896. The first-order chi connectivity index (χ1) is 11.8. The summed E-state index contributed by atoms with van der Waals surface area (Å²) >= 11 is 1.61. The molecule has 1 saturated carbocycles. The maximum atomic E-state index is 12.3. The van der Waals surface area contributed by atoms with E-state index < -0.39 is 0 Å². The second kappa shape index (κ2) is 8.92. The van der Waals surface area contributed by atoms with E-state index in [0.717, 1.165) is 35.7 Å². The largest absolute Gasteiger partial charge is 0.353 e. The Bertz CT molecular complexity index is 633. The maximum Gasteiger partial charge on any atom is 0.226 e. The summed E-state index contributed by atoms with van der Waals surface area (Å²) in [6, 6.07) is 6.25. The van der Waals surface area contributed by atoms with Crippen molar-refractivity contribution >= 4 is 17.2 Å². The summed E-state index contributed by atoms with van der Waals surface area (Å²) < 4.78 is 0. The van der Waals surface area contributed by atoms with Gasteiger partial charge in [0, 0.05) is 29.7 Å². The van der Waals surface area contributed by atoms with Gasteiger partial charge in [0.25, 0.3) is 0 Å². The average molecular weight is 343 g/mol. The molecule has 1 aliphatic carbocycles. The summed E-state index contributed by atoms with van der Waals surface area (Å²) in [4.78, 5) is 21.2. The molecule has 0 spiro atoms. The van der Waals surface area contributed by atoms with Gasteiger partial charge < -0.3 is 5.32 Å². The number of hydrogen-bond donors (Lipinski definition) is 1. The molecule has 0 aromatic carbocycles. The van der Waals surface area contributed by atoms with Crippen LogP contribution in [0.2, 0.25) is 0 Å². The molecule has 3 rings (SSSR count). The molecule has 0 saturated heterocycles. The molecule has 0 radical (unpaired) electrons. The highest BCUT2D eigenvalue weighted by Crippen LogP contribution is 2.18. The van der Waals surface area contributed by atoms with Gasteiger partial charge >= 0.3 is 0 Å². The zero-order valence-corrected chi connectivity index (χ0v) is 14.9. The van der Waals surface area contributed by atoms with Gasteiger partial charge in [-0.1, -0.05) is 38.2 Å². The third kappa shape index (κ3) is 5.41. The Morgan fingerprint density at radius 2 is 1.92 bits per heavy atom. The lowest BCUT2D eigenvalue weighted by molar-refractivity contribution is -0.121. The third-order valence-electron chi connectivity index (χ3n) is 4.47. The smallest absolute Gasteiger partial charge is 0.226 e. The molecule has 2 aromatic rings. The van der Waals surface area contributed by atoms with E-state index in [2.05, 4.69) is 15.3 Å². The van der Waals surface area contributed by atoms with Crippen LogP contribution in [-0.2, 0) is 17.6 Å². The van der Waals surface area contributed by atoms with Gasteiger partial charge in [-0.25, -0.2) is 4.98 Å². The van der Waals surface area contributed by atoms with Gasteiger partial charge in [-0.2, -0.15) is 0 Å². The van der Waals surface area contributed by atoms with Crippen molar-refractivity contribution in [1.82, 2.24) is 15.3 Å². The SMILES string of the molecule is O=C(Cc1csc(Cc2ccccn2)n1)NC1CCCCCCC1. The van der Waals surface area contributed by atoms with Crippen molar-refractivity contribution in [3.8, 4) is 0 Å².